The number of nitrogens with one attached hydrogen (secondary N) is 1. The molecule has 1 unspecified atom stereocenters. The molecule has 1 heterocycles. The third-order valence-electron chi connectivity index (χ3n) is 2.17. The fourth-order valence-corrected chi connectivity index (χ4v) is 1.34. The van der Waals surface area contributed by atoms with Crippen molar-refractivity contribution in [2.45, 2.75) is 18.9 Å². The van der Waals surface area contributed by atoms with Crippen LogP contribution in [0.5, 0.6) is 0 Å². The van der Waals surface area contributed by atoms with E-state index >= 15 is 0 Å². The van der Waals surface area contributed by atoms with E-state index < -0.39 is 24.4 Å². The minimum atomic E-state index is -1.16. The summed E-state index contributed by atoms with van der Waals surface area (Å²) in [5, 5.41) is 20.0. The Morgan fingerprint density at radius 1 is 1.35 bits per heavy atom. The lowest BCUT2D eigenvalue weighted by Gasteiger charge is -2.11. The zero-order valence-corrected chi connectivity index (χ0v) is 9.17. The molecular weight excluding hydrogens is 224 g/mol. The van der Waals surface area contributed by atoms with Crippen LogP contribution in [-0.4, -0.2) is 39.7 Å². The topological polar surface area (TPSA) is 99.5 Å². The number of hydrogen-bond acceptors (Lipinski definition) is 4. The monoisotopic (exact) mass is 238 g/mol. The largest absolute Gasteiger partial charge is 0.481 e. The summed E-state index contributed by atoms with van der Waals surface area (Å²) < 4.78 is 0. The predicted octanol–water partition coefficient (Wildman–Crippen LogP) is 0.142. The normalized spacial score (nSPS) is 12.0. The summed E-state index contributed by atoms with van der Waals surface area (Å²) >= 11 is 0. The molecule has 0 radical (unpaired) electrons. The van der Waals surface area contributed by atoms with Gasteiger partial charge in [0.05, 0.1) is 6.42 Å². The van der Waals surface area contributed by atoms with Crippen LogP contribution in [0.25, 0.3) is 0 Å². The highest BCUT2D eigenvalue weighted by molar-refractivity contribution is 5.80. The van der Waals surface area contributed by atoms with Crippen molar-refractivity contribution in [3.63, 3.8) is 0 Å². The number of carboxylic acid groups (broad SMARTS) is 2. The number of rotatable bonds is 7. The molecule has 0 aliphatic rings. The Labute approximate surface area is 98.3 Å². The van der Waals surface area contributed by atoms with Crippen LogP contribution in [-0.2, 0) is 16.0 Å². The Bertz CT molecular complexity index is 380. The summed E-state index contributed by atoms with van der Waals surface area (Å²) in [5.74, 6) is -2.30. The second kappa shape index (κ2) is 6.59. The van der Waals surface area contributed by atoms with Crippen LogP contribution in [0, 0.1) is 0 Å². The van der Waals surface area contributed by atoms with E-state index in [1.54, 1.807) is 12.3 Å². The molecule has 1 rings (SSSR count). The number of pyridine rings is 1. The average molecular weight is 238 g/mol. The first-order valence-electron chi connectivity index (χ1n) is 5.17. The van der Waals surface area contributed by atoms with Crippen molar-refractivity contribution in [3.8, 4) is 0 Å². The van der Waals surface area contributed by atoms with Gasteiger partial charge in [-0.3, -0.25) is 14.6 Å². The maximum absolute atomic E-state index is 10.7. The molecule has 0 bridgehead atoms. The maximum Gasteiger partial charge on any atom is 0.321 e. The van der Waals surface area contributed by atoms with Gasteiger partial charge in [-0.1, -0.05) is 6.07 Å². The molecular formula is C11H14N2O4. The van der Waals surface area contributed by atoms with E-state index in [0.717, 1.165) is 5.69 Å². The Balaban J connectivity index is 2.37. The summed E-state index contributed by atoms with van der Waals surface area (Å²) in [4.78, 5) is 25.2. The zero-order chi connectivity index (χ0) is 12.7. The molecule has 1 aromatic rings. The van der Waals surface area contributed by atoms with E-state index in [4.69, 9.17) is 10.2 Å². The van der Waals surface area contributed by atoms with E-state index in [0.29, 0.717) is 13.0 Å². The molecule has 3 N–H and O–H groups in total. The van der Waals surface area contributed by atoms with Gasteiger partial charge in [-0.2, -0.15) is 0 Å². The minimum Gasteiger partial charge on any atom is -0.481 e. The van der Waals surface area contributed by atoms with Gasteiger partial charge in [-0.15, -0.1) is 0 Å². The van der Waals surface area contributed by atoms with Crippen LogP contribution in [0.15, 0.2) is 24.4 Å². The van der Waals surface area contributed by atoms with Crippen LogP contribution < -0.4 is 5.32 Å². The fourth-order valence-electron chi connectivity index (χ4n) is 1.34. The molecule has 0 aliphatic carbocycles. The van der Waals surface area contributed by atoms with Gasteiger partial charge < -0.3 is 15.5 Å². The molecule has 92 valence electrons. The Hall–Kier alpha value is -1.95. The van der Waals surface area contributed by atoms with Crippen molar-refractivity contribution in [3.05, 3.63) is 30.1 Å². The Kier molecular flexibility index (Phi) is 5.09. The van der Waals surface area contributed by atoms with Crippen molar-refractivity contribution >= 4 is 11.9 Å². The molecule has 0 saturated carbocycles. The number of aliphatic carboxylic acids is 2. The van der Waals surface area contributed by atoms with Crippen LogP contribution in [0.4, 0.5) is 0 Å². The van der Waals surface area contributed by atoms with Gasteiger partial charge in [-0.05, 0) is 12.1 Å². The van der Waals surface area contributed by atoms with Crippen molar-refractivity contribution in [2.24, 2.45) is 0 Å². The first-order chi connectivity index (χ1) is 8.09. The highest BCUT2D eigenvalue weighted by atomic mass is 16.4. The van der Waals surface area contributed by atoms with Gasteiger partial charge >= 0.3 is 11.9 Å². The van der Waals surface area contributed by atoms with Crippen LogP contribution in [0.2, 0.25) is 0 Å². The molecule has 6 nitrogen and oxygen atoms in total. The van der Waals surface area contributed by atoms with Crippen molar-refractivity contribution in [1.82, 2.24) is 10.3 Å². The number of carbonyl (C=O) groups is 2. The van der Waals surface area contributed by atoms with Gasteiger partial charge in [0.15, 0.2) is 0 Å². The van der Waals surface area contributed by atoms with E-state index in [2.05, 4.69) is 10.3 Å². The fraction of sp³-hybridized carbons (Fsp3) is 0.364. The van der Waals surface area contributed by atoms with Gasteiger partial charge in [0.2, 0.25) is 0 Å². The Morgan fingerprint density at radius 2 is 2.12 bits per heavy atom. The molecule has 0 spiro atoms. The average Bonchev–Trinajstić information content (AvgIpc) is 2.28. The highest BCUT2D eigenvalue weighted by Crippen LogP contribution is 1.96. The summed E-state index contributed by atoms with van der Waals surface area (Å²) in [6.45, 7) is 0.376. The summed E-state index contributed by atoms with van der Waals surface area (Å²) in [6, 6.07) is 4.40. The molecule has 0 fully saturated rings. The standard InChI is InChI=1S/C11H14N2O4/c14-10(15)7-9(11(16)17)13-6-4-8-3-1-2-5-12-8/h1-3,5,9,13H,4,6-7H2,(H,14,15)(H,16,17). The predicted molar refractivity (Wildman–Crippen MR) is 59.6 cm³/mol. The molecule has 0 aliphatic heterocycles. The van der Waals surface area contributed by atoms with Crippen LogP contribution in [0.1, 0.15) is 12.1 Å². The molecule has 1 atom stereocenters. The third kappa shape index (κ3) is 5.07. The summed E-state index contributed by atoms with van der Waals surface area (Å²) in [5.41, 5.74) is 0.833. The van der Waals surface area contributed by atoms with Gasteiger partial charge in [0.25, 0.3) is 0 Å². The molecule has 0 amide bonds. The van der Waals surface area contributed by atoms with Crippen molar-refractivity contribution < 1.29 is 19.8 Å². The van der Waals surface area contributed by atoms with E-state index in [9.17, 15) is 9.59 Å². The molecule has 6 heteroatoms. The third-order valence-corrected chi connectivity index (χ3v) is 2.17. The minimum absolute atomic E-state index is 0.376. The zero-order valence-electron chi connectivity index (χ0n) is 9.17. The lowest BCUT2D eigenvalue weighted by atomic mass is 10.2. The van der Waals surface area contributed by atoms with E-state index in [-0.39, 0.29) is 0 Å². The van der Waals surface area contributed by atoms with Gasteiger partial charge in [-0.25, -0.2) is 0 Å². The van der Waals surface area contributed by atoms with Crippen molar-refractivity contribution in [2.75, 3.05) is 6.54 Å². The maximum atomic E-state index is 10.7. The SMILES string of the molecule is O=C(O)CC(NCCc1ccccn1)C(=O)O. The second-order valence-electron chi connectivity index (χ2n) is 3.51. The summed E-state index contributed by atoms with van der Waals surface area (Å²) in [6.07, 6.45) is 1.78. The van der Waals surface area contributed by atoms with Gasteiger partial charge in [0, 0.05) is 24.9 Å². The lowest BCUT2D eigenvalue weighted by Crippen LogP contribution is -2.39. The first kappa shape index (κ1) is 13.1. The van der Waals surface area contributed by atoms with Crippen molar-refractivity contribution in [1.29, 1.82) is 0 Å². The molecule has 0 saturated heterocycles. The van der Waals surface area contributed by atoms with Gasteiger partial charge in [0.1, 0.15) is 6.04 Å². The number of nitrogens with zero attached hydrogens (tertiary/aromatic N) is 1. The second-order valence-corrected chi connectivity index (χ2v) is 3.51. The van der Waals surface area contributed by atoms with E-state index in [1.807, 2.05) is 12.1 Å². The van der Waals surface area contributed by atoms with Crippen LogP contribution >= 0.6 is 0 Å². The Morgan fingerprint density at radius 3 is 2.65 bits per heavy atom. The smallest absolute Gasteiger partial charge is 0.321 e. The van der Waals surface area contributed by atoms with Crippen LogP contribution in [0.3, 0.4) is 0 Å². The lowest BCUT2D eigenvalue weighted by molar-refractivity contribution is -0.145. The molecule has 1 aromatic heterocycles. The quantitative estimate of drug-likeness (QED) is 0.625. The summed E-state index contributed by atoms with van der Waals surface area (Å²) in [7, 11) is 0. The molecule has 0 aromatic carbocycles. The number of hydrogen-bond donors (Lipinski definition) is 3. The molecule has 17 heavy (non-hydrogen) atoms. The highest BCUT2D eigenvalue weighted by Gasteiger charge is 2.19. The van der Waals surface area contributed by atoms with E-state index in [1.165, 1.54) is 0 Å². The number of aromatic nitrogens is 1. The first-order valence-corrected chi connectivity index (χ1v) is 5.17. The number of carboxylic acids is 2.